The van der Waals surface area contributed by atoms with Crippen LogP contribution in [0.2, 0.25) is 0 Å². The van der Waals surface area contributed by atoms with Crippen molar-refractivity contribution < 1.29 is 9.84 Å². The molecule has 0 aromatic heterocycles. The largest absolute Gasteiger partial charge is 0.491 e. The zero-order valence-electron chi connectivity index (χ0n) is 12.7. The zero-order chi connectivity index (χ0) is 15.4. The highest BCUT2D eigenvalue weighted by atomic mass is 32.1. The lowest BCUT2D eigenvalue weighted by molar-refractivity contribution is 0.0743. The number of rotatable bonds is 6. The lowest BCUT2D eigenvalue weighted by atomic mass is 10.0. The molecule has 116 valence electrons. The number of hydrogen-bond acceptors (Lipinski definition) is 4. The highest BCUT2D eigenvalue weighted by Crippen LogP contribution is 2.22. The van der Waals surface area contributed by atoms with Crippen molar-refractivity contribution in [3.63, 3.8) is 0 Å². The molecule has 1 saturated heterocycles. The molecule has 1 heterocycles. The molecule has 1 aliphatic heterocycles. The Morgan fingerprint density at radius 2 is 2.10 bits per heavy atom. The third-order valence-electron chi connectivity index (χ3n) is 4.09. The quantitative estimate of drug-likeness (QED) is 0.783. The average molecular weight is 308 g/mol. The van der Waals surface area contributed by atoms with Gasteiger partial charge in [0.2, 0.25) is 0 Å². The number of likely N-dealkylation sites (tertiary alicyclic amines) is 1. The van der Waals surface area contributed by atoms with E-state index in [1.807, 2.05) is 18.2 Å². The van der Waals surface area contributed by atoms with Crippen molar-refractivity contribution >= 4 is 17.2 Å². The summed E-state index contributed by atoms with van der Waals surface area (Å²) in [6.45, 7) is 7.55. The van der Waals surface area contributed by atoms with Gasteiger partial charge in [0.15, 0.2) is 0 Å². The van der Waals surface area contributed by atoms with Gasteiger partial charge in [-0.1, -0.05) is 38.2 Å². The SMILES string of the molecule is CC1CN(CC(O)COc2cccc(C(N)=S)c2)CC1C. The third kappa shape index (κ3) is 4.66. The van der Waals surface area contributed by atoms with Crippen LogP contribution >= 0.6 is 12.2 Å². The van der Waals surface area contributed by atoms with Crippen molar-refractivity contribution in [3.05, 3.63) is 29.8 Å². The molecule has 0 saturated carbocycles. The van der Waals surface area contributed by atoms with E-state index in [4.69, 9.17) is 22.7 Å². The molecule has 0 aliphatic carbocycles. The number of benzene rings is 1. The second-order valence-corrected chi connectivity index (χ2v) is 6.47. The minimum atomic E-state index is -0.490. The van der Waals surface area contributed by atoms with E-state index in [0.717, 1.165) is 18.7 Å². The number of nitrogens with zero attached hydrogens (tertiary/aromatic N) is 1. The van der Waals surface area contributed by atoms with E-state index in [1.165, 1.54) is 0 Å². The molecular weight excluding hydrogens is 284 g/mol. The molecule has 4 nitrogen and oxygen atoms in total. The monoisotopic (exact) mass is 308 g/mol. The first-order chi connectivity index (χ1) is 9.95. The van der Waals surface area contributed by atoms with Crippen molar-refractivity contribution in [1.82, 2.24) is 4.90 Å². The lowest BCUT2D eigenvalue weighted by Gasteiger charge is -2.20. The normalized spacial score (nSPS) is 24.0. The summed E-state index contributed by atoms with van der Waals surface area (Å²) in [7, 11) is 0. The molecule has 1 aromatic rings. The molecule has 1 fully saturated rings. The van der Waals surface area contributed by atoms with Gasteiger partial charge in [0.05, 0.1) is 0 Å². The minimum absolute atomic E-state index is 0.278. The predicted octanol–water partition coefficient (Wildman–Crippen LogP) is 1.65. The number of β-amino-alcohol motifs (C(OH)–C–C–N with tert-alkyl or cyclic N) is 1. The van der Waals surface area contributed by atoms with Crippen molar-refractivity contribution in [2.75, 3.05) is 26.2 Å². The van der Waals surface area contributed by atoms with E-state index in [-0.39, 0.29) is 6.61 Å². The van der Waals surface area contributed by atoms with E-state index in [1.54, 1.807) is 6.07 Å². The second kappa shape index (κ2) is 7.20. The Morgan fingerprint density at radius 1 is 1.43 bits per heavy atom. The number of hydrogen-bond donors (Lipinski definition) is 2. The standard InChI is InChI=1S/C16H24N2O2S/c1-11-7-18(8-12(11)2)9-14(19)10-20-15-5-3-4-13(6-15)16(17)21/h3-6,11-12,14,19H,7-10H2,1-2H3,(H2,17,21). The van der Waals surface area contributed by atoms with Crippen LogP contribution in [0.3, 0.4) is 0 Å². The first-order valence-corrected chi connectivity index (χ1v) is 7.79. The summed E-state index contributed by atoms with van der Waals surface area (Å²) in [6, 6.07) is 7.34. The molecular formula is C16H24N2O2S. The summed E-state index contributed by atoms with van der Waals surface area (Å²) in [5.74, 6) is 2.07. The Kier molecular flexibility index (Phi) is 5.56. The molecule has 1 aliphatic rings. The molecule has 3 unspecified atom stereocenters. The molecule has 5 heteroatoms. The number of ether oxygens (including phenoxy) is 1. The Morgan fingerprint density at radius 3 is 2.71 bits per heavy atom. The smallest absolute Gasteiger partial charge is 0.120 e. The Hall–Kier alpha value is -1.17. The molecule has 3 N–H and O–H groups in total. The molecule has 21 heavy (non-hydrogen) atoms. The van der Waals surface area contributed by atoms with Gasteiger partial charge in [0, 0.05) is 25.2 Å². The number of nitrogens with two attached hydrogens (primary N) is 1. The summed E-state index contributed by atoms with van der Waals surface area (Å²) in [5.41, 5.74) is 6.37. The number of aliphatic hydroxyl groups excluding tert-OH is 1. The summed E-state index contributed by atoms with van der Waals surface area (Å²) < 4.78 is 5.63. The highest BCUT2D eigenvalue weighted by Gasteiger charge is 2.27. The van der Waals surface area contributed by atoms with E-state index >= 15 is 0 Å². The molecule has 0 radical (unpaired) electrons. The summed E-state index contributed by atoms with van der Waals surface area (Å²) in [6.07, 6.45) is -0.490. The summed E-state index contributed by atoms with van der Waals surface area (Å²) >= 11 is 4.94. The van der Waals surface area contributed by atoms with E-state index in [2.05, 4.69) is 18.7 Å². The fourth-order valence-corrected chi connectivity index (χ4v) is 2.81. The highest BCUT2D eigenvalue weighted by molar-refractivity contribution is 7.80. The number of aliphatic hydroxyl groups is 1. The van der Waals surface area contributed by atoms with Gasteiger partial charge in [-0.25, -0.2) is 0 Å². The van der Waals surface area contributed by atoms with Crippen LogP contribution in [-0.4, -0.2) is 47.3 Å². The van der Waals surface area contributed by atoms with Gasteiger partial charge < -0.3 is 20.5 Å². The maximum atomic E-state index is 10.1. The van der Waals surface area contributed by atoms with Gasteiger partial charge in [-0.3, -0.25) is 0 Å². The van der Waals surface area contributed by atoms with Crippen LogP contribution in [0.25, 0.3) is 0 Å². The Balaban J connectivity index is 1.80. The molecule has 0 bridgehead atoms. The van der Waals surface area contributed by atoms with Gasteiger partial charge in [0.1, 0.15) is 23.4 Å². The van der Waals surface area contributed by atoms with Gasteiger partial charge in [0.25, 0.3) is 0 Å². The fraction of sp³-hybridized carbons (Fsp3) is 0.562. The van der Waals surface area contributed by atoms with Crippen LogP contribution < -0.4 is 10.5 Å². The van der Waals surface area contributed by atoms with E-state index in [9.17, 15) is 5.11 Å². The average Bonchev–Trinajstić information content (AvgIpc) is 2.75. The lowest BCUT2D eigenvalue weighted by Crippen LogP contribution is -2.34. The maximum absolute atomic E-state index is 10.1. The van der Waals surface area contributed by atoms with E-state index in [0.29, 0.717) is 29.1 Å². The van der Waals surface area contributed by atoms with Crippen LogP contribution in [-0.2, 0) is 0 Å². The molecule has 0 spiro atoms. The molecule has 0 amide bonds. The van der Waals surface area contributed by atoms with Crippen LogP contribution in [0.4, 0.5) is 0 Å². The van der Waals surface area contributed by atoms with E-state index < -0.39 is 6.10 Å². The molecule has 1 aromatic carbocycles. The summed E-state index contributed by atoms with van der Waals surface area (Å²) in [5, 5.41) is 10.1. The van der Waals surface area contributed by atoms with Crippen molar-refractivity contribution in [2.45, 2.75) is 20.0 Å². The van der Waals surface area contributed by atoms with Crippen LogP contribution in [0.15, 0.2) is 24.3 Å². The van der Waals surface area contributed by atoms with Gasteiger partial charge in [-0.15, -0.1) is 0 Å². The van der Waals surface area contributed by atoms with Crippen molar-refractivity contribution in [2.24, 2.45) is 17.6 Å². The second-order valence-electron chi connectivity index (χ2n) is 6.03. The first-order valence-electron chi connectivity index (χ1n) is 7.38. The number of thiocarbonyl (C=S) groups is 1. The Labute approximate surface area is 131 Å². The van der Waals surface area contributed by atoms with Crippen LogP contribution in [0, 0.1) is 11.8 Å². The predicted molar refractivity (Wildman–Crippen MR) is 88.6 cm³/mol. The maximum Gasteiger partial charge on any atom is 0.120 e. The van der Waals surface area contributed by atoms with Crippen LogP contribution in [0.5, 0.6) is 5.75 Å². The van der Waals surface area contributed by atoms with Crippen molar-refractivity contribution in [1.29, 1.82) is 0 Å². The molecule has 2 rings (SSSR count). The topological polar surface area (TPSA) is 58.7 Å². The van der Waals surface area contributed by atoms with Gasteiger partial charge >= 0.3 is 0 Å². The summed E-state index contributed by atoms with van der Waals surface area (Å²) in [4.78, 5) is 2.65. The Bertz CT molecular complexity index is 485. The van der Waals surface area contributed by atoms with Crippen molar-refractivity contribution in [3.8, 4) is 5.75 Å². The fourth-order valence-electron chi connectivity index (χ4n) is 2.68. The van der Waals surface area contributed by atoms with Gasteiger partial charge in [-0.05, 0) is 24.0 Å². The molecule has 3 atom stereocenters. The van der Waals surface area contributed by atoms with Gasteiger partial charge in [-0.2, -0.15) is 0 Å². The minimum Gasteiger partial charge on any atom is -0.491 e. The zero-order valence-corrected chi connectivity index (χ0v) is 13.5. The first kappa shape index (κ1) is 16.2. The van der Waals surface area contributed by atoms with Crippen LogP contribution in [0.1, 0.15) is 19.4 Å². The third-order valence-corrected chi connectivity index (χ3v) is 4.33.